The number of amides is 1. The number of nitrogens with zero attached hydrogens (tertiary/aromatic N) is 2. The summed E-state index contributed by atoms with van der Waals surface area (Å²) in [5.74, 6) is -4.66. The van der Waals surface area contributed by atoms with Crippen molar-refractivity contribution < 1.29 is 28.0 Å². The van der Waals surface area contributed by atoms with E-state index in [0.29, 0.717) is 18.0 Å². The van der Waals surface area contributed by atoms with Gasteiger partial charge in [0.05, 0.1) is 17.7 Å². The average Bonchev–Trinajstić information content (AvgIpc) is 2.84. The van der Waals surface area contributed by atoms with Crippen molar-refractivity contribution in [1.82, 2.24) is 15.5 Å². The number of benzene rings is 1. The largest absolute Gasteiger partial charge is 0.478 e. The second-order valence-corrected chi connectivity index (χ2v) is 4.04. The van der Waals surface area contributed by atoms with Gasteiger partial charge >= 0.3 is 5.97 Å². The molecule has 9 heteroatoms. The fourth-order valence-corrected chi connectivity index (χ4v) is 1.57. The van der Waals surface area contributed by atoms with Gasteiger partial charge in [0.1, 0.15) is 0 Å². The van der Waals surface area contributed by atoms with E-state index in [1.807, 2.05) is 0 Å². The first kappa shape index (κ1) is 14.6. The molecule has 0 atom stereocenters. The lowest BCUT2D eigenvalue weighted by Crippen LogP contribution is -2.25. The second-order valence-electron chi connectivity index (χ2n) is 4.04. The molecule has 7 nitrogen and oxygen atoms in total. The average molecular weight is 297 g/mol. The quantitative estimate of drug-likeness (QED) is 0.880. The SMILES string of the molecule is Cc1noc(CNC(=O)c2cc(F)c(F)cc2C(=O)O)n1. The lowest BCUT2D eigenvalue weighted by Gasteiger charge is -2.07. The van der Waals surface area contributed by atoms with Crippen LogP contribution in [0, 0.1) is 18.6 Å². The summed E-state index contributed by atoms with van der Waals surface area (Å²) in [4.78, 5) is 26.6. The third-order valence-corrected chi connectivity index (χ3v) is 2.51. The molecule has 1 aromatic carbocycles. The zero-order valence-corrected chi connectivity index (χ0v) is 10.7. The topological polar surface area (TPSA) is 105 Å². The molecule has 0 unspecified atom stereocenters. The van der Waals surface area contributed by atoms with Crippen LogP contribution in [0.3, 0.4) is 0 Å². The molecule has 1 heterocycles. The van der Waals surface area contributed by atoms with Crippen LogP contribution >= 0.6 is 0 Å². The first-order valence-electron chi connectivity index (χ1n) is 5.68. The summed E-state index contributed by atoms with van der Waals surface area (Å²) in [6.07, 6.45) is 0. The molecule has 0 saturated heterocycles. The zero-order chi connectivity index (χ0) is 15.6. The first-order valence-corrected chi connectivity index (χ1v) is 5.68. The normalized spacial score (nSPS) is 10.4. The number of carbonyl (C=O) groups excluding carboxylic acids is 1. The van der Waals surface area contributed by atoms with Crippen molar-refractivity contribution in [2.24, 2.45) is 0 Å². The fourth-order valence-electron chi connectivity index (χ4n) is 1.57. The van der Waals surface area contributed by atoms with Gasteiger partial charge in [-0.1, -0.05) is 5.16 Å². The molecule has 110 valence electrons. The Kier molecular flexibility index (Phi) is 3.92. The van der Waals surface area contributed by atoms with Gasteiger partial charge in [-0.2, -0.15) is 4.98 Å². The van der Waals surface area contributed by atoms with Crippen LogP contribution in [0.4, 0.5) is 8.78 Å². The van der Waals surface area contributed by atoms with E-state index in [1.165, 1.54) is 0 Å². The molecule has 21 heavy (non-hydrogen) atoms. The molecule has 0 aliphatic heterocycles. The standard InChI is InChI=1S/C12H9F2N3O4/c1-5-16-10(21-17-5)4-15-11(18)6-2-8(13)9(14)3-7(6)12(19)20/h2-3H,4H2,1H3,(H,15,18)(H,19,20). The van der Waals surface area contributed by atoms with Crippen molar-refractivity contribution in [3.63, 3.8) is 0 Å². The Hall–Kier alpha value is -2.84. The maximum absolute atomic E-state index is 13.2. The van der Waals surface area contributed by atoms with Crippen molar-refractivity contribution in [3.05, 3.63) is 46.6 Å². The number of aryl methyl sites for hydroxylation is 1. The monoisotopic (exact) mass is 297 g/mol. The Morgan fingerprint density at radius 2 is 1.90 bits per heavy atom. The molecule has 2 N–H and O–H groups in total. The molecular formula is C12H9F2N3O4. The van der Waals surface area contributed by atoms with E-state index in [2.05, 4.69) is 15.5 Å². The number of hydrogen-bond donors (Lipinski definition) is 2. The summed E-state index contributed by atoms with van der Waals surface area (Å²) in [6, 6.07) is 0.969. The van der Waals surface area contributed by atoms with E-state index in [1.54, 1.807) is 6.92 Å². The third kappa shape index (κ3) is 3.19. The minimum Gasteiger partial charge on any atom is -0.478 e. The second kappa shape index (κ2) is 5.65. The predicted molar refractivity (Wildman–Crippen MR) is 63.5 cm³/mol. The summed E-state index contributed by atoms with van der Waals surface area (Å²) >= 11 is 0. The molecule has 0 fully saturated rings. The highest BCUT2D eigenvalue weighted by Gasteiger charge is 2.20. The van der Waals surface area contributed by atoms with E-state index < -0.39 is 34.6 Å². The Labute approximate surface area is 116 Å². The number of aromatic carboxylic acids is 1. The van der Waals surface area contributed by atoms with Gasteiger partial charge in [0, 0.05) is 0 Å². The Bertz CT molecular complexity index is 715. The van der Waals surface area contributed by atoms with E-state index in [0.717, 1.165) is 0 Å². The Morgan fingerprint density at radius 1 is 1.29 bits per heavy atom. The molecule has 0 bridgehead atoms. The maximum atomic E-state index is 13.2. The van der Waals surface area contributed by atoms with Crippen LogP contribution in [0.1, 0.15) is 32.4 Å². The highest BCUT2D eigenvalue weighted by molar-refractivity contribution is 6.04. The van der Waals surface area contributed by atoms with Crippen LogP contribution in [0.15, 0.2) is 16.7 Å². The molecular weight excluding hydrogens is 288 g/mol. The van der Waals surface area contributed by atoms with Crippen molar-refractivity contribution in [3.8, 4) is 0 Å². The van der Waals surface area contributed by atoms with Gasteiger partial charge in [-0.3, -0.25) is 4.79 Å². The van der Waals surface area contributed by atoms with Gasteiger partial charge in [-0.05, 0) is 19.1 Å². The lowest BCUT2D eigenvalue weighted by molar-refractivity contribution is 0.0690. The number of aromatic nitrogens is 2. The lowest BCUT2D eigenvalue weighted by atomic mass is 10.1. The molecule has 0 spiro atoms. The molecule has 0 aliphatic rings. The van der Waals surface area contributed by atoms with Gasteiger partial charge in [0.2, 0.25) is 5.89 Å². The number of nitrogens with one attached hydrogen (secondary N) is 1. The van der Waals surface area contributed by atoms with Gasteiger partial charge in [0.25, 0.3) is 5.91 Å². The highest BCUT2D eigenvalue weighted by atomic mass is 19.2. The maximum Gasteiger partial charge on any atom is 0.336 e. The van der Waals surface area contributed by atoms with Crippen LogP contribution in [0.2, 0.25) is 0 Å². The highest BCUT2D eigenvalue weighted by Crippen LogP contribution is 2.15. The molecule has 1 aromatic heterocycles. The van der Waals surface area contributed by atoms with Gasteiger partial charge < -0.3 is 14.9 Å². The number of hydrogen-bond acceptors (Lipinski definition) is 5. The minimum atomic E-state index is -1.55. The van der Waals surface area contributed by atoms with Gasteiger partial charge in [-0.25, -0.2) is 13.6 Å². The molecule has 0 radical (unpaired) electrons. The van der Waals surface area contributed by atoms with E-state index in [-0.39, 0.29) is 12.4 Å². The van der Waals surface area contributed by atoms with Crippen molar-refractivity contribution in [1.29, 1.82) is 0 Å². The van der Waals surface area contributed by atoms with Crippen LogP contribution in [-0.2, 0) is 6.54 Å². The summed E-state index contributed by atoms with van der Waals surface area (Å²) in [5.41, 5.74) is -1.15. The predicted octanol–water partition coefficient (Wildman–Crippen LogP) is 1.28. The first-order chi connectivity index (χ1) is 9.88. The van der Waals surface area contributed by atoms with Gasteiger partial charge in [0.15, 0.2) is 17.5 Å². The van der Waals surface area contributed by atoms with Crippen LogP contribution in [0.25, 0.3) is 0 Å². The smallest absolute Gasteiger partial charge is 0.336 e. The Morgan fingerprint density at radius 3 is 2.43 bits per heavy atom. The van der Waals surface area contributed by atoms with E-state index >= 15 is 0 Å². The number of halogens is 2. The number of carboxylic acids is 1. The van der Waals surface area contributed by atoms with Gasteiger partial charge in [-0.15, -0.1) is 0 Å². The van der Waals surface area contributed by atoms with Crippen LogP contribution in [0.5, 0.6) is 0 Å². The number of rotatable bonds is 4. The third-order valence-electron chi connectivity index (χ3n) is 2.51. The molecule has 0 aliphatic carbocycles. The summed E-state index contributed by atoms with van der Waals surface area (Å²) in [6.45, 7) is 1.41. The molecule has 2 rings (SSSR count). The number of carboxylic acid groups (broad SMARTS) is 1. The van der Waals surface area contributed by atoms with Crippen molar-refractivity contribution in [2.75, 3.05) is 0 Å². The summed E-state index contributed by atoms with van der Waals surface area (Å²) < 4.78 is 30.9. The zero-order valence-electron chi connectivity index (χ0n) is 10.7. The van der Waals surface area contributed by atoms with Crippen molar-refractivity contribution in [2.45, 2.75) is 13.5 Å². The summed E-state index contributed by atoms with van der Waals surface area (Å²) in [5, 5.41) is 14.7. The van der Waals surface area contributed by atoms with Crippen molar-refractivity contribution >= 4 is 11.9 Å². The van der Waals surface area contributed by atoms with E-state index in [4.69, 9.17) is 9.63 Å². The molecule has 1 amide bonds. The molecule has 0 saturated carbocycles. The van der Waals surface area contributed by atoms with Crippen LogP contribution < -0.4 is 5.32 Å². The Balaban J connectivity index is 2.22. The number of carbonyl (C=O) groups is 2. The van der Waals surface area contributed by atoms with E-state index in [9.17, 15) is 18.4 Å². The summed E-state index contributed by atoms with van der Waals surface area (Å²) in [7, 11) is 0. The molecule has 2 aromatic rings. The van der Waals surface area contributed by atoms with Crippen LogP contribution in [-0.4, -0.2) is 27.1 Å². The fraction of sp³-hybridized carbons (Fsp3) is 0.167. The minimum absolute atomic E-state index is 0.0975.